The van der Waals surface area contributed by atoms with Crippen LogP contribution in [-0.2, 0) is 0 Å². The largest absolute Gasteiger partial charge is 0.310 e. The Hall–Kier alpha value is -2.35. The Morgan fingerprint density at radius 2 is 0.560 bits per heavy atom. The van der Waals surface area contributed by atoms with Gasteiger partial charge in [-0.15, -0.1) is 19.0 Å². The highest BCUT2D eigenvalue weighted by molar-refractivity contribution is 5.85. The van der Waals surface area contributed by atoms with Gasteiger partial charge in [0.25, 0.3) is 0 Å². The fourth-order valence-corrected chi connectivity index (χ4v) is 5.66. The molecule has 0 amide bonds. The maximum absolute atomic E-state index is 3.74. The summed E-state index contributed by atoms with van der Waals surface area (Å²) in [7, 11) is 0. The van der Waals surface area contributed by atoms with Gasteiger partial charge in [0, 0.05) is 13.1 Å². The van der Waals surface area contributed by atoms with Crippen molar-refractivity contribution in [3.8, 4) is 0 Å². The van der Waals surface area contributed by atoms with Crippen LogP contribution in [0.15, 0.2) is 117 Å². The third kappa shape index (κ3) is 34.1. The average Bonchev–Trinajstić information content (AvgIpc) is 3.03. The Kier molecular flexibility index (Phi) is 33.6. The standard InChI is InChI=1S/C48H79N.ClH/c1-12-38-49-39-37-48(11)36-20-35-47(10)34-19-33-46(9)32-18-31-45(8)30-17-29-44(7)28-16-27-43(6)26-15-25-42(5)24-14-23-41(4)22-13-21-40(2)3;/h12,21,23,25,27,29,31,33,35,37,49H,1,13-20,22,24,26,28,30,32,34,36,38-39H2,2-11H3;1H/b41-23+,42-25+,43-27+,44-29+,45-31+,46-33+,47-35+,48-37+;. The van der Waals surface area contributed by atoms with Gasteiger partial charge in [-0.2, -0.15) is 0 Å². The summed E-state index contributed by atoms with van der Waals surface area (Å²) >= 11 is 0. The van der Waals surface area contributed by atoms with E-state index in [2.05, 4.69) is 136 Å². The van der Waals surface area contributed by atoms with Crippen molar-refractivity contribution in [2.45, 2.75) is 172 Å². The van der Waals surface area contributed by atoms with E-state index in [0.717, 1.165) is 58.0 Å². The molecule has 0 saturated carbocycles. The van der Waals surface area contributed by atoms with Gasteiger partial charge in [0.1, 0.15) is 0 Å². The molecular weight excluding hydrogens is 626 g/mol. The van der Waals surface area contributed by atoms with Crippen LogP contribution in [0.5, 0.6) is 0 Å². The molecule has 0 aliphatic carbocycles. The second kappa shape index (κ2) is 33.8. The molecule has 0 fully saturated rings. The van der Waals surface area contributed by atoms with Gasteiger partial charge in [-0.3, -0.25) is 0 Å². The molecule has 0 atom stereocenters. The fourth-order valence-electron chi connectivity index (χ4n) is 5.66. The van der Waals surface area contributed by atoms with Gasteiger partial charge < -0.3 is 5.32 Å². The van der Waals surface area contributed by atoms with E-state index in [4.69, 9.17) is 0 Å². The van der Waals surface area contributed by atoms with Gasteiger partial charge in [0.2, 0.25) is 0 Å². The molecule has 0 radical (unpaired) electrons. The lowest BCUT2D eigenvalue weighted by Gasteiger charge is -2.04. The lowest BCUT2D eigenvalue weighted by molar-refractivity contribution is 0.830. The molecule has 0 heterocycles. The second-order valence-electron chi connectivity index (χ2n) is 14.9. The third-order valence-electron chi connectivity index (χ3n) is 9.20. The summed E-state index contributed by atoms with van der Waals surface area (Å²) in [5.41, 5.74) is 13.6. The zero-order chi connectivity index (χ0) is 36.7. The van der Waals surface area contributed by atoms with Crippen molar-refractivity contribution in [3.05, 3.63) is 117 Å². The molecule has 0 aromatic rings. The molecular formula is C48H80ClN. The molecule has 2 heteroatoms. The van der Waals surface area contributed by atoms with Crippen LogP contribution in [0.3, 0.4) is 0 Å². The van der Waals surface area contributed by atoms with Crippen molar-refractivity contribution in [1.29, 1.82) is 0 Å². The van der Waals surface area contributed by atoms with E-state index in [0.29, 0.717) is 0 Å². The first-order chi connectivity index (χ1) is 23.4. The molecule has 284 valence electrons. The maximum atomic E-state index is 3.74. The van der Waals surface area contributed by atoms with Crippen molar-refractivity contribution in [1.82, 2.24) is 5.32 Å². The van der Waals surface area contributed by atoms with Gasteiger partial charge >= 0.3 is 0 Å². The van der Waals surface area contributed by atoms with Gasteiger partial charge in [0.05, 0.1) is 0 Å². The Morgan fingerprint density at radius 1 is 0.340 bits per heavy atom. The van der Waals surface area contributed by atoms with E-state index in [1.807, 2.05) is 6.08 Å². The van der Waals surface area contributed by atoms with Crippen LogP contribution in [-0.4, -0.2) is 13.1 Å². The predicted molar refractivity (Wildman–Crippen MR) is 234 cm³/mol. The Morgan fingerprint density at radius 3 is 0.780 bits per heavy atom. The molecule has 0 aromatic heterocycles. The van der Waals surface area contributed by atoms with E-state index in [1.54, 1.807) is 0 Å². The van der Waals surface area contributed by atoms with Crippen molar-refractivity contribution < 1.29 is 0 Å². The highest BCUT2D eigenvalue weighted by Crippen LogP contribution is 2.17. The van der Waals surface area contributed by atoms with Gasteiger partial charge in [-0.1, -0.05) is 111 Å². The van der Waals surface area contributed by atoms with Crippen LogP contribution in [0.25, 0.3) is 0 Å². The summed E-state index contributed by atoms with van der Waals surface area (Å²) in [6.45, 7) is 28.2. The summed E-state index contributed by atoms with van der Waals surface area (Å²) in [4.78, 5) is 0. The molecule has 0 aromatic carbocycles. The quantitative estimate of drug-likeness (QED) is 0.0631. The lowest BCUT2D eigenvalue weighted by Crippen LogP contribution is -2.12. The highest BCUT2D eigenvalue weighted by Gasteiger charge is 1.97. The zero-order valence-corrected chi connectivity index (χ0v) is 35.4. The molecule has 0 saturated heterocycles. The van der Waals surface area contributed by atoms with Crippen LogP contribution < -0.4 is 5.32 Å². The Bertz CT molecular complexity index is 1190. The molecule has 0 aliphatic rings. The maximum Gasteiger partial charge on any atom is 0.0140 e. The predicted octanol–water partition coefficient (Wildman–Crippen LogP) is 16.0. The molecule has 0 rings (SSSR count). The zero-order valence-electron chi connectivity index (χ0n) is 34.6. The SMILES string of the molecule is C=CCNC/C=C(\C)CC/C=C(\C)CC/C=C(\C)CC/C=C(\C)CC/C=C(\C)CC/C=C(\C)CC/C=C(\C)CC/C=C(\C)CCC=C(C)C.Cl. The third-order valence-corrected chi connectivity index (χ3v) is 9.20. The fraction of sp³-hybridized carbons (Fsp3) is 0.583. The minimum atomic E-state index is 0. The molecule has 1 nitrogen and oxygen atoms in total. The van der Waals surface area contributed by atoms with Crippen molar-refractivity contribution in [2.24, 2.45) is 0 Å². The second-order valence-corrected chi connectivity index (χ2v) is 14.9. The Labute approximate surface area is 319 Å². The van der Waals surface area contributed by atoms with Crippen LogP contribution in [0.1, 0.15) is 172 Å². The molecule has 0 unspecified atom stereocenters. The molecule has 0 bridgehead atoms. The van der Waals surface area contributed by atoms with Gasteiger partial charge in [-0.25, -0.2) is 0 Å². The van der Waals surface area contributed by atoms with Crippen molar-refractivity contribution in [2.75, 3.05) is 13.1 Å². The van der Waals surface area contributed by atoms with E-state index in [-0.39, 0.29) is 12.4 Å². The number of hydrogen-bond donors (Lipinski definition) is 1. The van der Waals surface area contributed by atoms with E-state index in [1.165, 1.54) is 108 Å². The smallest absolute Gasteiger partial charge is 0.0140 e. The first kappa shape index (κ1) is 49.8. The summed E-state index contributed by atoms with van der Waals surface area (Å²) in [6, 6.07) is 0. The summed E-state index contributed by atoms with van der Waals surface area (Å²) in [5, 5.41) is 3.33. The monoisotopic (exact) mass is 706 g/mol. The highest BCUT2D eigenvalue weighted by atomic mass is 35.5. The van der Waals surface area contributed by atoms with E-state index in [9.17, 15) is 0 Å². The summed E-state index contributed by atoms with van der Waals surface area (Å²) in [5.74, 6) is 0. The number of halogens is 1. The number of rotatable bonds is 28. The lowest BCUT2D eigenvalue weighted by atomic mass is 10.0. The molecule has 0 spiro atoms. The normalized spacial score (nSPS) is 14.2. The number of hydrogen-bond acceptors (Lipinski definition) is 1. The minimum Gasteiger partial charge on any atom is -0.310 e. The first-order valence-electron chi connectivity index (χ1n) is 19.6. The van der Waals surface area contributed by atoms with Crippen LogP contribution in [0.2, 0.25) is 0 Å². The van der Waals surface area contributed by atoms with Crippen LogP contribution in [0, 0.1) is 0 Å². The molecule has 50 heavy (non-hydrogen) atoms. The summed E-state index contributed by atoms with van der Waals surface area (Å²) in [6.07, 6.45) is 42.4. The van der Waals surface area contributed by atoms with Crippen LogP contribution in [0.4, 0.5) is 0 Å². The van der Waals surface area contributed by atoms with Gasteiger partial charge in [-0.05, 0) is 172 Å². The minimum absolute atomic E-state index is 0. The van der Waals surface area contributed by atoms with Crippen molar-refractivity contribution >= 4 is 12.4 Å². The van der Waals surface area contributed by atoms with Gasteiger partial charge in [0.15, 0.2) is 0 Å². The van der Waals surface area contributed by atoms with E-state index >= 15 is 0 Å². The van der Waals surface area contributed by atoms with E-state index < -0.39 is 0 Å². The summed E-state index contributed by atoms with van der Waals surface area (Å²) < 4.78 is 0. The topological polar surface area (TPSA) is 12.0 Å². The van der Waals surface area contributed by atoms with Crippen molar-refractivity contribution in [3.63, 3.8) is 0 Å². The van der Waals surface area contributed by atoms with Crippen LogP contribution >= 0.6 is 12.4 Å². The average molecular weight is 707 g/mol. The molecule has 0 aliphatic heterocycles. The number of nitrogens with one attached hydrogen (secondary N) is 1. The number of allylic oxidation sites excluding steroid dienone is 17. The Balaban J connectivity index is 0. The molecule has 1 N–H and O–H groups in total. The first-order valence-corrected chi connectivity index (χ1v) is 19.6.